The Balaban J connectivity index is 1.35. The number of rotatable bonds is 6. The summed E-state index contributed by atoms with van der Waals surface area (Å²) in [4.78, 5) is 38.5. The van der Waals surface area contributed by atoms with Crippen LogP contribution in [0.5, 0.6) is 0 Å². The van der Waals surface area contributed by atoms with Crippen LogP contribution >= 0.6 is 0 Å². The molecule has 33 heavy (non-hydrogen) atoms. The third-order valence-corrected chi connectivity index (χ3v) is 4.97. The molecule has 5 aromatic rings. The zero-order chi connectivity index (χ0) is 22.8. The number of fused-ring (bicyclic) bond motifs is 1. The van der Waals surface area contributed by atoms with E-state index in [4.69, 9.17) is 4.42 Å². The number of aromatic nitrogens is 6. The minimum Gasteiger partial charge on any atom is -0.447 e. The number of nitrogens with zero attached hydrogens (tertiary/aromatic N) is 5. The van der Waals surface area contributed by atoms with Crippen LogP contribution in [0.2, 0.25) is 0 Å². The van der Waals surface area contributed by atoms with Crippen molar-refractivity contribution in [2.75, 3.05) is 5.32 Å². The van der Waals surface area contributed by atoms with Gasteiger partial charge < -0.3 is 15.1 Å². The molecule has 5 rings (SSSR count). The van der Waals surface area contributed by atoms with E-state index >= 15 is 0 Å². The van der Waals surface area contributed by atoms with Crippen molar-refractivity contribution >= 4 is 23.4 Å². The molecule has 0 aliphatic carbocycles. The smallest absolute Gasteiger partial charge is 0.324 e. The van der Waals surface area contributed by atoms with Crippen molar-refractivity contribution in [1.29, 1.82) is 0 Å². The number of aryl methyl sites for hydroxylation is 1. The van der Waals surface area contributed by atoms with Crippen molar-refractivity contribution in [3.63, 3.8) is 0 Å². The van der Waals surface area contributed by atoms with Crippen LogP contribution in [0.4, 0.5) is 5.82 Å². The van der Waals surface area contributed by atoms with Crippen molar-refractivity contribution < 1.29 is 18.7 Å². The molecule has 3 N–H and O–H groups in total. The van der Waals surface area contributed by atoms with E-state index in [0.29, 0.717) is 17.5 Å². The third-order valence-electron chi connectivity index (χ3n) is 4.97. The molecule has 0 atom stereocenters. The predicted octanol–water partition coefficient (Wildman–Crippen LogP) is 1.72. The number of amides is 2. The number of carbonyl (C=O) groups is 2. The summed E-state index contributed by atoms with van der Waals surface area (Å²) in [7, 11) is 1.64. The molecule has 4 heterocycles. The van der Waals surface area contributed by atoms with Crippen molar-refractivity contribution in [1.82, 2.24) is 29.8 Å². The maximum Gasteiger partial charge on any atom is 0.324 e. The number of imidazole rings is 1. The van der Waals surface area contributed by atoms with E-state index in [-0.39, 0.29) is 17.8 Å². The van der Waals surface area contributed by atoms with Crippen LogP contribution in [0.3, 0.4) is 0 Å². The number of hydrogen-bond donors (Lipinski definition) is 3. The number of carbonyl (C=O) groups excluding carboxylic acids is 2. The van der Waals surface area contributed by atoms with E-state index < -0.39 is 11.8 Å². The van der Waals surface area contributed by atoms with E-state index in [2.05, 4.69) is 30.7 Å². The lowest BCUT2D eigenvalue weighted by molar-refractivity contribution is -0.728. The first-order chi connectivity index (χ1) is 16.1. The number of nitrogens with one attached hydrogen (secondary N) is 3. The Labute approximate surface area is 187 Å². The maximum atomic E-state index is 13.0. The van der Waals surface area contributed by atoms with E-state index in [1.165, 1.54) is 23.3 Å². The summed E-state index contributed by atoms with van der Waals surface area (Å²) in [6.45, 7) is 0.101. The third kappa shape index (κ3) is 4.06. The van der Waals surface area contributed by atoms with Gasteiger partial charge in [-0.25, -0.2) is 9.97 Å². The number of aromatic amines is 1. The number of hydrogen-bond acceptors (Lipinski definition) is 6. The van der Waals surface area contributed by atoms with Gasteiger partial charge in [0.25, 0.3) is 5.91 Å². The van der Waals surface area contributed by atoms with Gasteiger partial charge in [0.2, 0.25) is 11.7 Å². The van der Waals surface area contributed by atoms with Crippen LogP contribution in [-0.2, 0) is 13.6 Å². The fraction of sp³-hybridized carbons (Fsp3) is 0.0909. The van der Waals surface area contributed by atoms with Gasteiger partial charge in [0.15, 0.2) is 7.05 Å². The van der Waals surface area contributed by atoms with Crippen molar-refractivity contribution in [3.8, 4) is 11.3 Å². The van der Waals surface area contributed by atoms with E-state index in [1.807, 2.05) is 36.5 Å². The number of oxazole rings is 1. The maximum absolute atomic E-state index is 13.0. The number of H-pyrrole nitrogens is 1. The van der Waals surface area contributed by atoms with Gasteiger partial charge in [0.1, 0.15) is 17.6 Å². The summed E-state index contributed by atoms with van der Waals surface area (Å²) in [5, 5.41) is 8.26. The quantitative estimate of drug-likeness (QED) is 0.342. The van der Waals surface area contributed by atoms with Gasteiger partial charge in [-0.05, 0) is 6.07 Å². The molecule has 0 unspecified atom stereocenters. The highest BCUT2D eigenvalue weighted by molar-refractivity contribution is 6.09. The van der Waals surface area contributed by atoms with Crippen molar-refractivity contribution in [2.24, 2.45) is 7.05 Å². The van der Waals surface area contributed by atoms with E-state index in [1.54, 1.807) is 23.7 Å². The van der Waals surface area contributed by atoms with Crippen LogP contribution < -0.4 is 15.3 Å². The zero-order valence-corrected chi connectivity index (χ0v) is 17.5. The molecule has 0 radical (unpaired) electrons. The average molecular weight is 443 g/mol. The molecule has 4 aromatic heterocycles. The molecule has 164 valence electrons. The van der Waals surface area contributed by atoms with Gasteiger partial charge in [-0.3, -0.25) is 14.0 Å². The minimum absolute atomic E-state index is 0.101. The Kier molecular flexibility index (Phi) is 5.11. The van der Waals surface area contributed by atoms with Crippen LogP contribution in [0, 0.1) is 0 Å². The molecule has 0 saturated heterocycles. The SMILES string of the molecule is C[n+]1[nH]cc(C(=O)NCc2ncco2)c1C(=O)Nc1ccn2cc(-c3ccccc3)nc2n1. The zero-order valence-electron chi connectivity index (χ0n) is 17.5. The highest BCUT2D eigenvalue weighted by Gasteiger charge is 2.29. The molecular weight excluding hydrogens is 424 g/mol. The summed E-state index contributed by atoms with van der Waals surface area (Å²) in [6, 6.07) is 11.4. The molecule has 0 aliphatic rings. The lowest BCUT2D eigenvalue weighted by Gasteiger charge is -2.04. The van der Waals surface area contributed by atoms with Gasteiger partial charge >= 0.3 is 11.6 Å². The Morgan fingerprint density at radius 2 is 2.00 bits per heavy atom. The van der Waals surface area contributed by atoms with Gasteiger partial charge in [-0.1, -0.05) is 30.3 Å². The second-order valence-corrected chi connectivity index (χ2v) is 7.17. The molecule has 1 aromatic carbocycles. The first-order valence-corrected chi connectivity index (χ1v) is 10.0. The van der Waals surface area contributed by atoms with Crippen LogP contribution in [0.25, 0.3) is 17.0 Å². The van der Waals surface area contributed by atoms with Crippen molar-refractivity contribution in [2.45, 2.75) is 6.54 Å². The molecule has 11 nitrogen and oxygen atoms in total. The minimum atomic E-state index is -0.494. The summed E-state index contributed by atoms with van der Waals surface area (Å²) in [5.74, 6) is 0.173. The molecule has 0 spiro atoms. The molecule has 11 heteroatoms. The van der Waals surface area contributed by atoms with E-state index in [0.717, 1.165) is 11.3 Å². The second kappa shape index (κ2) is 8.38. The standard InChI is InChI=1S/C22H18N8O3/c1-29-19(15(11-25-29)20(31)24-12-18-23-8-10-33-18)21(32)27-17-7-9-30-13-16(26-22(30)28-17)14-5-3-2-4-6-14/h2-11,13H,12H2,1H3,(H2,24,26,27,28,31,32)/p+1. The van der Waals surface area contributed by atoms with Crippen LogP contribution in [0.1, 0.15) is 26.7 Å². The van der Waals surface area contributed by atoms with Gasteiger partial charge in [-0.15, -0.1) is 4.68 Å². The van der Waals surface area contributed by atoms with Crippen LogP contribution in [0.15, 0.2) is 71.9 Å². The molecule has 0 aliphatic heterocycles. The largest absolute Gasteiger partial charge is 0.447 e. The highest BCUT2D eigenvalue weighted by atomic mass is 16.3. The fourth-order valence-electron chi connectivity index (χ4n) is 3.38. The molecule has 0 fully saturated rings. The number of benzene rings is 1. The first kappa shape index (κ1) is 20.1. The second-order valence-electron chi connectivity index (χ2n) is 7.17. The predicted molar refractivity (Wildman–Crippen MR) is 116 cm³/mol. The van der Waals surface area contributed by atoms with Gasteiger partial charge in [0.05, 0.1) is 24.6 Å². The Bertz CT molecular complexity index is 1440. The Morgan fingerprint density at radius 3 is 2.79 bits per heavy atom. The van der Waals surface area contributed by atoms with E-state index in [9.17, 15) is 9.59 Å². The summed E-state index contributed by atoms with van der Waals surface area (Å²) >= 11 is 0. The topological polar surface area (TPSA) is 134 Å². The summed E-state index contributed by atoms with van der Waals surface area (Å²) in [5.41, 5.74) is 2.06. The van der Waals surface area contributed by atoms with Crippen LogP contribution in [-0.4, -0.2) is 36.3 Å². The lowest BCUT2D eigenvalue weighted by atomic mass is 10.2. The Morgan fingerprint density at radius 1 is 1.15 bits per heavy atom. The van der Waals surface area contributed by atoms with Gasteiger partial charge in [-0.2, -0.15) is 10.1 Å². The summed E-state index contributed by atoms with van der Waals surface area (Å²) in [6.07, 6.45) is 7.99. The molecule has 0 bridgehead atoms. The summed E-state index contributed by atoms with van der Waals surface area (Å²) < 4.78 is 8.34. The highest BCUT2D eigenvalue weighted by Crippen LogP contribution is 2.19. The average Bonchev–Trinajstić information content (AvgIpc) is 3.57. The molecular formula is C22H19N8O3+. The lowest BCUT2D eigenvalue weighted by Crippen LogP contribution is -2.40. The fourth-order valence-corrected chi connectivity index (χ4v) is 3.38. The van der Waals surface area contributed by atoms with Gasteiger partial charge in [0, 0.05) is 18.0 Å². The Hall–Kier alpha value is -4.80. The monoisotopic (exact) mass is 443 g/mol. The molecule has 0 saturated carbocycles. The van der Waals surface area contributed by atoms with Crippen molar-refractivity contribution in [3.05, 3.63) is 84.6 Å². The normalized spacial score (nSPS) is 10.9. The number of anilines is 1. The first-order valence-electron chi connectivity index (χ1n) is 10.0. The molecule has 2 amide bonds.